The molecule has 0 atom stereocenters. The van der Waals surface area contributed by atoms with Crippen LogP contribution in [0.1, 0.15) is 0 Å². The lowest BCUT2D eigenvalue weighted by Crippen LogP contribution is -2.45. The molecule has 144 valence electrons. The van der Waals surface area contributed by atoms with Crippen LogP contribution < -0.4 is 15.0 Å². The highest BCUT2D eigenvalue weighted by Gasteiger charge is 2.18. The lowest BCUT2D eigenvalue weighted by atomic mass is 10.1. The third-order valence-corrected chi connectivity index (χ3v) is 4.93. The van der Waals surface area contributed by atoms with Crippen molar-refractivity contribution in [1.82, 2.24) is 14.9 Å². The number of nitrogens with zero attached hydrogens (tertiary/aromatic N) is 4. The highest BCUT2D eigenvalue weighted by molar-refractivity contribution is 5.67. The van der Waals surface area contributed by atoms with Gasteiger partial charge < -0.3 is 19.9 Å². The van der Waals surface area contributed by atoms with Crippen molar-refractivity contribution in [3.05, 3.63) is 60.7 Å². The van der Waals surface area contributed by atoms with Crippen molar-refractivity contribution in [2.45, 2.75) is 0 Å². The number of aromatic nitrogens is 2. The molecule has 6 nitrogen and oxygen atoms in total. The molecule has 1 saturated heterocycles. The molecule has 1 aromatic heterocycles. The molecule has 0 radical (unpaired) electrons. The van der Waals surface area contributed by atoms with E-state index < -0.39 is 0 Å². The van der Waals surface area contributed by atoms with Gasteiger partial charge in [-0.05, 0) is 31.3 Å². The van der Waals surface area contributed by atoms with Crippen LogP contribution in [-0.4, -0.2) is 55.2 Å². The van der Waals surface area contributed by atoms with E-state index in [4.69, 9.17) is 14.7 Å². The van der Waals surface area contributed by atoms with E-state index in [0.29, 0.717) is 0 Å². The molecule has 1 aliphatic rings. The van der Waals surface area contributed by atoms with Gasteiger partial charge in [0.2, 0.25) is 5.95 Å². The number of hydrogen-bond donors (Lipinski definition) is 1. The maximum absolute atomic E-state index is 5.24. The summed E-state index contributed by atoms with van der Waals surface area (Å²) in [6, 6.07) is 20.1. The van der Waals surface area contributed by atoms with Gasteiger partial charge in [0.05, 0.1) is 12.8 Å². The van der Waals surface area contributed by atoms with Crippen LogP contribution in [0.4, 0.5) is 17.5 Å². The first kappa shape index (κ1) is 18.3. The Morgan fingerprint density at radius 2 is 1.61 bits per heavy atom. The van der Waals surface area contributed by atoms with Gasteiger partial charge >= 0.3 is 0 Å². The minimum atomic E-state index is 0.769. The topological polar surface area (TPSA) is 53.5 Å². The minimum Gasteiger partial charge on any atom is -0.497 e. The summed E-state index contributed by atoms with van der Waals surface area (Å²) in [6.07, 6.45) is 0. The molecule has 0 spiro atoms. The Labute approximate surface area is 165 Å². The molecule has 0 bridgehead atoms. The molecule has 28 heavy (non-hydrogen) atoms. The predicted molar refractivity (Wildman–Crippen MR) is 113 cm³/mol. The zero-order chi connectivity index (χ0) is 19.3. The molecule has 0 saturated carbocycles. The number of methoxy groups -OCH3 is 1. The fourth-order valence-corrected chi connectivity index (χ4v) is 3.23. The Kier molecular flexibility index (Phi) is 5.39. The van der Waals surface area contributed by atoms with Crippen LogP contribution in [0.2, 0.25) is 0 Å². The number of likely N-dealkylation sites (N-methyl/N-ethyl adjacent to an activating group) is 1. The van der Waals surface area contributed by atoms with Crippen LogP contribution in [0, 0.1) is 0 Å². The van der Waals surface area contributed by atoms with Gasteiger partial charge in [0, 0.05) is 43.5 Å². The first-order chi connectivity index (χ1) is 13.7. The normalized spacial score (nSPS) is 14.7. The van der Waals surface area contributed by atoms with E-state index in [9.17, 15) is 0 Å². The molecule has 3 aromatic rings. The predicted octanol–water partition coefficient (Wildman–Crippen LogP) is 3.65. The number of rotatable bonds is 5. The number of ether oxygens (including phenoxy) is 1. The van der Waals surface area contributed by atoms with E-state index in [1.54, 1.807) is 7.11 Å². The maximum atomic E-state index is 5.24. The van der Waals surface area contributed by atoms with Crippen molar-refractivity contribution in [1.29, 1.82) is 0 Å². The minimum absolute atomic E-state index is 0.769. The van der Waals surface area contributed by atoms with E-state index in [1.165, 1.54) is 0 Å². The number of benzene rings is 2. The van der Waals surface area contributed by atoms with Gasteiger partial charge in [0.15, 0.2) is 0 Å². The van der Waals surface area contributed by atoms with Crippen LogP contribution >= 0.6 is 0 Å². The second-order valence-electron chi connectivity index (χ2n) is 6.95. The highest BCUT2D eigenvalue weighted by atomic mass is 16.5. The van der Waals surface area contributed by atoms with E-state index in [1.807, 2.05) is 48.5 Å². The van der Waals surface area contributed by atoms with Gasteiger partial charge in [-0.25, -0.2) is 4.98 Å². The van der Waals surface area contributed by atoms with E-state index in [2.05, 4.69) is 34.3 Å². The van der Waals surface area contributed by atoms with Crippen LogP contribution in [-0.2, 0) is 0 Å². The summed E-state index contributed by atoms with van der Waals surface area (Å²) in [5.41, 5.74) is 2.96. The summed E-state index contributed by atoms with van der Waals surface area (Å²) >= 11 is 0. The molecule has 1 fully saturated rings. The van der Waals surface area contributed by atoms with Crippen molar-refractivity contribution in [2.24, 2.45) is 0 Å². The first-order valence-electron chi connectivity index (χ1n) is 9.50. The number of hydrogen-bond acceptors (Lipinski definition) is 6. The monoisotopic (exact) mass is 375 g/mol. The Morgan fingerprint density at radius 3 is 2.29 bits per heavy atom. The summed E-state index contributed by atoms with van der Waals surface area (Å²) in [7, 11) is 3.82. The summed E-state index contributed by atoms with van der Waals surface area (Å²) in [5, 5.41) is 3.41. The number of anilines is 3. The SMILES string of the molecule is COc1ccc(Nc2cc(-c3ccccc3)nc(N3CCN(C)CC3)n2)cc1. The first-order valence-corrected chi connectivity index (χ1v) is 9.50. The number of piperazine rings is 1. The average molecular weight is 375 g/mol. The van der Waals surface area contributed by atoms with Gasteiger partial charge in [0.1, 0.15) is 11.6 Å². The van der Waals surface area contributed by atoms with E-state index in [0.717, 1.165) is 60.6 Å². The van der Waals surface area contributed by atoms with Crippen molar-refractivity contribution < 1.29 is 4.74 Å². The standard InChI is InChI=1S/C22H25N5O/c1-26-12-14-27(15-13-26)22-24-20(17-6-4-3-5-7-17)16-21(25-22)23-18-8-10-19(28-2)11-9-18/h3-11,16H,12-15H2,1-2H3,(H,23,24,25). The quantitative estimate of drug-likeness (QED) is 0.735. The van der Waals surface area contributed by atoms with Crippen molar-refractivity contribution in [2.75, 3.05) is 50.6 Å². The molecule has 2 heterocycles. The Morgan fingerprint density at radius 1 is 0.893 bits per heavy atom. The molecule has 0 unspecified atom stereocenters. The molecule has 1 aliphatic heterocycles. The van der Waals surface area contributed by atoms with Gasteiger partial charge in [-0.2, -0.15) is 4.98 Å². The Balaban J connectivity index is 1.66. The molecule has 2 aromatic carbocycles. The van der Waals surface area contributed by atoms with Gasteiger partial charge in [-0.15, -0.1) is 0 Å². The Bertz CT molecular complexity index is 906. The van der Waals surface area contributed by atoms with Gasteiger partial charge in [-0.3, -0.25) is 0 Å². The zero-order valence-corrected chi connectivity index (χ0v) is 16.3. The Hall–Kier alpha value is -3.12. The highest BCUT2D eigenvalue weighted by Crippen LogP contribution is 2.26. The van der Waals surface area contributed by atoms with Crippen molar-refractivity contribution in [3.63, 3.8) is 0 Å². The fourth-order valence-electron chi connectivity index (χ4n) is 3.23. The van der Waals surface area contributed by atoms with Crippen molar-refractivity contribution in [3.8, 4) is 17.0 Å². The van der Waals surface area contributed by atoms with E-state index >= 15 is 0 Å². The number of nitrogens with one attached hydrogen (secondary N) is 1. The van der Waals surface area contributed by atoms with Crippen LogP contribution in [0.5, 0.6) is 5.75 Å². The summed E-state index contributed by atoms with van der Waals surface area (Å²) in [5.74, 6) is 2.38. The third-order valence-electron chi connectivity index (χ3n) is 4.93. The average Bonchev–Trinajstić information content (AvgIpc) is 2.75. The summed E-state index contributed by atoms with van der Waals surface area (Å²) in [4.78, 5) is 14.2. The lowest BCUT2D eigenvalue weighted by molar-refractivity contribution is 0.311. The summed E-state index contributed by atoms with van der Waals surface area (Å²) in [6.45, 7) is 3.88. The van der Waals surface area contributed by atoms with Crippen molar-refractivity contribution >= 4 is 17.5 Å². The second-order valence-corrected chi connectivity index (χ2v) is 6.95. The fraction of sp³-hybridized carbons (Fsp3) is 0.273. The smallest absolute Gasteiger partial charge is 0.227 e. The molecule has 0 aliphatic carbocycles. The molecular formula is C22H25N5O. The molecule has 6 heteroatoms. The van der Waals surface area contributed by atoms with Crippen LogP contribution in [0.25, 0.3) is 11.3 Å². The molecule has 4 rings (SSSR count). The second kappa shape index (κ2) is 8.27. The van der Waals surface area contributed by atoms with Gasteiger partial charge in [-0.1, -0.05) is 30.3 Å². The zero-order valence-electron chi connectivity index (χ0n) is 16.3. The maximum Gasteiger partial charge on any atom is 0.227 e. The molecule has 1 N–H and O–H groups in total. The molecular weight excluding hydrogens is 350 g/mol. The van der Waals surface area contributed by atoms with E-state index in [-0.39, 0.29) is 0 Å². The third kappa shape index (κ3) is 4.23. The van der Waals surface area contributed by atoms with Crippen LogP contribution in [0.15, 0.2) is 60.7 Å². The lowest BCUT2D eigenvalue weighted by Gasteiger charge is -2.32. The van der Waals surface area contributed by atoms with Crippen LogP contribution in [0.3, 0.4) is 0 Å². The largest absolute Gasteiger partial charge is 0.497 e. The molecule has 0 amide bonds. The summed E-state index contributed by atoms with van der Waals surface area (Å²) < 4.78 is 5.24. The van der Waals surface area contributed by atoms with Gasteiger partial charge in [0.25, 0.3) is 0 Å².